The Bertz CT molecular complexity index is 972. The molecule has 0 amide bonds. The Morgan fingerprint density at radius 3 is 2.33 bits per heavy atom. The molecule has 0 aliphatic carbocycles. The summed E-state index contributed by atoms with van der Waals surface area (Å²) in [7, 11) is 0. The molecule has 0 aliphatic rings. The lowest BCUT2D eigenvalue weighted by Gasteiger charge is -2.01. The number of nitrogens with zero attached hydrogens (tertiary/aromatic N) is 3. The Balaban J connectivity index is 1.75. The molecule has 0 saturated carbocycles. The van der Waals surface area contributed by atoms with E-state index in [9.17, 15) is 0 Å². The van der Waals surface area contributed by atoms with E-state index in [0.717, 1.165) is 28.3 Å². The van der Waals surface area contributed by atoms with Gasteiger partial charge in [0.25, 0.3) is 0 Å². The van der Waals surface area contributed by atoms with Crippen LogP contribution < -0.4 is 5.43 Å². The molecule has 4 rings (SSSR count). The summed E-state index contributed by atoms with van der Waals surface area (Å²) < 4.78 is 2.04. The first-order valence-corrected chi connectivity index (χ1v) is 7.78. The summed E-state index contributed by atoms with van der Waals surface area (Å²) >= 11 is 0. The maximum atomic E-state index is 4.75. The van der Waals surface area contributed by atoms with Gasteiger partial charge in [0.05, 0.1) is 23.3 Å². The van der Waals surface area contributed by atoms with Crippen molar-refractivity contribution in [2.45, 2.75) is 0 Å². The molecule has 0 bridgehead atoms. The zero-order chi connectivity index (χ0) is 16.2. The molecule has 4 heteroatoms. The van der Waals surface area contributed by atoms with Gasteiger partial charge in [-0.3, -0.25) is 9.83 Å². The van der Waals surface area contributed by atoms with Gasteiger partial charge in [0.1, 0.15) is 5.65 Å². The van der Waals surface area contributed by atoms with Crippen LogP contribution in [0.4, 0.5) is 5.69 Å². The van der Waals surface area contributed by atoms with Crippen molar-refractivity contribution in [1.29, 1.82) is 0 Å². The fourth-order valence-corrected chi connectivity index (χ4v) is 2.63. The minimum atomic E-state index is 0.900. The van der Waals surface area contributed by atoms with Crippen LogP contribution in [0.1, 0.15) is 5.69 Å². The number of aromatic nitrogens is 2. The molecule has 1 N–H and O–H groups in total. The number of pyridine rings is 1. The molecule has 0 atom stereocenters. The number of hydrazone groups is 1. The number of hydrogen-bond acceptors (Lipinski definition) is 3. The minimum absolute atomic E-state index is 0.900. The van der Waals surface area contributed by atoms with Gasteiger partial charge in [-0.25, -0.2) is 4.98 Å². The normalized spacial score (nSPS) is 11.2. The third-order valence-corrected chi connectivity index (χ3v) is 3.77. The average molecular weight is 312 g/mol. The van der Waals surface area contributed by atoms with E-state index in [2.05, 4.69) is 22.7 Å². The van der Waals surface area contributed by atoms with E-state index in [0.29, 0.717) is 0 Å². The molecule has 116 valence electrons. The number of para-hydroxylation sites is 1. The van der Waals surface area contributed by atoms with Crippen LogP contribution in [-0.4, -0.2) is 15.6 Å². The number of nitrogens with one attached hydrogen (secondary N) is 1. The highest BCUT2D eigenvalue weighted by Crippen LogP contribution is 2.23. The number of fused-ring (bicyclic) bond motifs is 1. The van der Waals surface area contributed by atoms with Crippen LogP contribution in [0.3, 0.4) is 0 Å². The molecule has 0 radical (unpaired) electrons. The predicted octanol–water partition coefficient (Wildman–Crippen LogP) is 4.45. The third-order valence-electron chi connectivity index (χ3n) is 3.77. The molecule has 2 heterocycles. The predicted molar refractivity (Wildman–Crippen MR) is 98.3 cm³/mol. The van der Waals surface area contributed by atoms with Gasteiger partial charge in [-0.05, 0) is 24.3 Å². The summed E-state index contributed by atoms with van der Waals surface area (Å²) in [4.78, 5) is 4.75. The van der Waals surface area contributed by atoms with E-state index >= 15 is 0 Å². The van der Waals surface area contributed by atoms with Crippen molar-refractivity contribution >= 4 is 17.5 Å². The average Bonchev–Trinajstić information content (AvgIpc) is 3.02. The zero-order valence-corrected chi connectivity index (χ0v) is 13.0. The number of rotatable bonds is 4. The molecule has 2 aromatic carbocycles. The van der Waals surface area contributed by atoms with Gasteiger partial charge in [0.15, 0.2) is 0 Å². The van der Waals surface area contributed by atoms with E-state index < -0.39 is 0 Å². The largest absolute Gasteiger partial charge is 0.298 e. The lowest BCUT2D eigenvalue weighted by molar-refractivity contribution is 1.17. The summed E-state index contributed by atoms with van der Waals surface area (Å²) in [5.74, 6) is 0. The lowest BCUT2D eigenvalue weighted by atomic mass is 10.1. The van der Waals surface area contributed by atoms with E-state index in [1.54, 1.807) is 0 Å². The summed E-state index contributed by atoms with van der Waals surface area (Å²) in [5, 5.41) is 4.38. The molecule has 0 aliphatic heterocycles. The van der Waals surface area contributed by atoms with Gasteiger partial charge in [0, 0.05) is 11.8 Å². The highest BCUT2D eigenvalue weighted by molar-refractivity contribution is 5.89. The lowest BCUT2D eigenvalue weighted by Crippen LogP contribution is -1.96. The third kappa shape index (κ3) is 2.77. The number of anilines is 1. The topological polar surface area (TPSA) is 41.7 Å². The fraction of sp³-hybridized carbons (Fsp3) is 0. The Hall–Kier alpha value is -3.40. The Morgan fingerprint density at radius 1 is 0.833 bits per heavy atom. The summed E-state index contributed by atoms with van der Waals surface area (Å²) in [6.45, 7) is 0. The second kappa shape index (κ2) is 6.38. The van der Waals surface area contributed by atoms with Crippen LogP contribution in [0, 0.1) is 0 Å². The van der Waals surface area contributed by atoms with E-state index in [1.165, 1.54) is 0 Å². The van der Waals surface area contributed by atoms with Crippen LogP contribution >= 0.6 is 0 Å². The van der Waals surface area contributed by atoms with Gasteiger partial charge in [-0.2, -0.15) is 5.10 Å². The molecule has 0 spiro atoms. The summed E-state index contributed by atoms with van der Waals surface area (Å²) in [5.41, 5.74) is 7.84. The van der Waals surface area contributed by atoms with Crippen LogP contribution in [0.15, 0.2) is 90.2 Å². The number of hydrogen-bond donors (Lipinski definition) is 1. The fourth-order valence-electron chi connectivity index (χ4n) is 2.63. The van der Waals surface area contributed by atoms with Crippen LogP contribution in [0.5, 0.6) is 0 Å². The van der Waals surface area contributed by atoms with E-state index in [1.807, 2.05) is 83.5 Å². The first-order valence-electron chi connectivity index (χ1n) is 7.78. The van der Waals surface area contributed by atoms with E-state index in [4.69, 9.17) is 4.98 Å². The smallest absolute Gasteiger partial charge is 0.137 e. The molecular weight excluding hydrogens is 296 g/mol. The molecule has 0 fully saturated rings. The standard InChI is InChI=1S/C20H16N4/c1-3-9-16(10-4-1)20-18(24-14-8-7-13-19(24)22-20)15-21-23-17-11-5-2-6-12-17/h1-15,23H/b21-15+. The van der Waals surface area contributed by atoms with Crippen molar-refractivity contribution in [1.82, 2.24) is 9.38 Å². The minimum Gasteiger partial charge on any atom is -0.298 e. The van der Waals surface area contributed by atoms with Crippen molar-refractivity contribution in [2.24, 2.45) is 5.10 Å². The first-order chi connectivity index (χ1) is 11.9. The zero-order valence-electron chi connectivity index (χ0n) is 13.0. The van der Waals surface area contributed by atoms with Crippen molar-refractivity contribution in [3.8, 4) is 11.3 Å². The van der Waals surface area contributed by atoms with Crippen LogP contribution in [0.2, 0.25) is 0 Å². The van der Waals surface area contributed by atoms with Crippen molar-refractivity contribution in [3.63, 3.8) is 0 Å². The Kier molecular flexibility index (Phi) is 3.78. The van der Waals surface area contributed by atoms with Crippen molar-refractivity contribution in [3.05, 3.63) is 90.8 Å². The van der Waals surface area contributed by atoms with Crippen LogP contribution in [-0.2, 0) is 0 Å². The maximum Gasteiger partial charge on any atom is 0.137 e. The maximum absolute atomic E-state index is 4.75. The van der Waals surface area contributed by atoms with E-state index in [-0.39, 0.29) is 0 Å². The Morgan fingerprint density at radius 2 is 1.54 bits per heavy atom. The molecule has 2 aromatic heterocycles. The van der Waals surface area contributed by atoms with Crippen molar-refractivity contribution < 1.29 is 0 Å². The molecule has 24 heavy (non-hydrogen) atoms. The van der Waals surface area contributed by atoms with Gasteiger partial charge in [-0.1, -0.05) is 54.6 Å². The van der Waals surface area contributed by atoms with Crippen molar-refractivity contribution in [2.75, 3.05) is 5.43 Å². The molecule has 0 unspecified atom stereocenters. The number of imidazole rings is 1. The summed E-state index contributed by atoms with van der Waals surface area (Å²) in [6.07, 6.45) is 3.81. The molecule has 4 aromatic rings. The highest BCUT2D eigenvalue weighted by atomic mass is 15.3. The second-order valence-corrected chi connectivity index (χ2v) is 5.38. The Labute approximate surface area is 140 Å². The molecule has 4 nitrogen and oxygen atoms in total. The first kappa shape index (κ1) is 14.2. The van der Waals surface area contributed by atoms with Gasteiger partial charge in [-0.15, -0.1) is 0 Å². The highest BCUT2D eigenvalue weighted by Gasteiger charge is 2.11. The van der Waals surface area contributed by atoms with Gasteiger partial charge < -0.3 is 0 Å². The monoisotopic (exact) mass is 312 g/mol. The molecule has 0 saturated heterocycles. The SMILES string of the molecule is C(=N\Nc1ccccc1)/c1c(-c2ccccc2)nc2ccccn12. The number of benzene rings is 2. The van der Waals surface area contributed by atoms with Gasteiger partial charge >= 0.3 is 0 Å². The molecular formula is C20H16N4. The van der Waals surface area contributed by atoms with Crippen LogP contribution in [0.25, 0.3) is 16.9 Å². The quantitative estimate of drug-likeness (QED) is 0.447. The second-order valence-electron chi connectivity index (χ2n) is 5.38. The summed E-state index contributed by atoms with van der Waals surface area (Å²) in [6, 6.07) is 26.0. The van der Waals surface area contributed by atoms with Gasteiger partial charge in [0.2, 0.25) is 0 Å².